The van der Waals surface area contributed by atoms with Gasteiger partial charge in [0.2, 0.25) is 0 Å². The second kappa shape index (κ2) is 6.29. The third kappa shape index (κ3) is 3.62. The number of hydrogen-bond donors (Lipinski definition) is 1. The maximum absolute atomic E-state index is 3.71. The van der Waals surface area contributed by atoms with Crippen LogP contribution in [0, 0.1) is 0 Å². The van der Waals surface area contributed by atoms with Crippen molar-refractivity contribution in [3.63, 3.8) is 0 Å². The van der Waals surface area contributed by atoms with Crippen LogP contribution in [0.2, 0.25) is 0 Å². The van der Waals surface area contributed by atoms with Crippen molar-refractivity contribution in [3.8, 4) is 0 Å². The molecule has 1 heterocycles. The number of benzene rings is 1. The van der Waals surface area contributed by atoms with Crippen LogP contribution in [-0.2, 0) is 13.1 Å². The largest absolute Gasteiger partial charge is 0.369 e. The van der Waals surface area contributed by atoms with Gasteiger partial charge in [-0.1, -0.05) is 6.07 Å². The Kier molecular flexibility index (Phi) is 4.44. The van der Waals surface area contributed by atoms with E-state index >= 15 is 0 Å². The molecule has 0 spiro atoms. The molecule has 0 saturated heterocycles. The first-order valence-corrected chi connectivity index (χ1v) is 8.70. The van der Waals surface area contributed by atoms with Crippen LogP contribution < -0.4 is 10.2 Å². The fourth-order valence-corrected chi connectivity index (χ4v) is 3.65. The van der Waals surface area contributed by atoms with Crippen LogP contribution in [0.4, 0.5) is 5.69 Å². The van der Waals surface area contributed by atoms with Crippen molar-refractivity contribution in [2.45, 2.75) is 32.0 Å². The topological polar surface area (TPSA) is 15.3 Å². The van der Waals surface area contributed by atoms with E-state index in [2.05, 4.69) is 68.2 Å². The average Bonchev–Trinajstić information content (AvgIpc) is 3.13. The molecule has 2 nitrogen and oxygen atoms in total. The summed E-state index contributed by atoms with van der Waals surface area (Å²) in [4.78, 5) is 2.28. The Morgan fingerprint density at radius 2 is 2.15 bits per heavy atom. The van der Waals surface area contributed by atoms with Crippen molar-refractivity contribution in [1.82, 2.24) is 5.32 Å². The summed E-state index contributed by atoms with van der Waals surface area (Å²) in [7, 11) is 2.14. The number of nitrogens with one attached hydrogen (secondary N) is 1. The number of halogens is 1. The van der Waals surface area contributed by atoms with E-state index in [0.717, 1.165) is 19.1 Å². The molecule has 0 unspecified atom stereocenters. The molecule has 0 aliphatic heterocycles. The highest BCUT2D eigenvalue weighted by Crippen LogP contribution is 2.28. The Hall–Kier alpha value is -0.840. The quantitative estimate of drug-likeness (QED) is 0.830. The lowest BCUT2D eigenvalue weighted by atomic mass is 10.2. The van der Waals surface area contributed by atoms with Crippen LogP contribution in [0.3, 0.4) is 0 Å². The van der Waals surface area contributed by atoms with Gasteiger partial charge in [-0.3, -0.25) is 0 Å². The van der Waals surface area contributed by atoms with Crippen LogP contribution in [0.25, 0.3) is 0 Å². The fraction of sp³-hybridized carbons (Fsp3) is 0.375. The molecular formula is C16H19BrN2S. The van der Waals surface area contributed by atoms with Gasteiger partial charge in [0.05, 0.1) is 5.69 Å². The molecule has 0 amide bonds. The number of rotatable bonds is 6. The molecule has 1 aliphatic rings. The molecule has 1 N–H and O–H groups in total. The second-order valence-electron chi connectivity index (χ2n) is 5.43. The highest BCUT2D eigenvalue weighted by molar-refractivity contribution is 9.10. The Labute approximate surface area is 132 Å². The summed E-state index contributed by atoms with van der Waals surface area (Å²) in [6, 6.07) is 9.60. The van der Waals surface area contributed by atoms with E-state index in [1.807, 2.05) is 0 Å². The molecular weight excluding hydrogens is 332 g/mol. The zero-order valence-corrected chi connectivity index (χ0v) is 14.0. The molecule has 3 rings (SSSR count). The summed E-state index contributed by atoms with van der Waals surface area (Å²) in [5.41, 5.74) is 3.95. The lowest BCUT2D eigenvalue weighted by molar-refractivity contribution is 0.687. The van der Waals surface area contributed by atoms with Gasteiger partial charge < -0.3 is 10.2 Å². The number of nitrogens with zero attached hydrogens (tertiary/aromatic N) is 1. The highest BCUT2D eigenvalue weighted by atomic mass is 79.9. The molecule has 0 bridgehead atoms. The molecule has 1 aliphatic carbocycles. The van der Waals surface area contributed by atoms with E-state index in [-0.39, 0.29) is 0 Å². The van der Waals surface area contributed by atoms with Gasteiger partial charge in [-0.15, -0.1) is 0 Å². The molecule has 2 aromatic rings. The summed E-state index contributed by atoms with van der Waals surface area (Å²) in [5, 5.41) is 7.89. The minimum absolute atomic E-state index is 0.759. The van der Waals surface area contributed by atoms with Crippen molar-refractivity contribution in [3.05, 3.63) is 50.6 Å². The maximum atomic E-state index is 3.71. The highest BCUT2D eigenvalue weighted by Gasteiger charge is 2.20. The minimum Gasteiger partial charge on any atom is -0.369 e. The van der Waals surface area contributed by atoms with E-state index in [1.54, 1.807) is 11.3 Å². The van der Waals surface area contributed by atoms with E-state index in [9.17, 15) is 0 Å². The molecule has 1 fully saturated rings. The second-order valence-corrected chi connectivity index (χ2v) is 7.06. The van der Waals surface area contributed by atoms with Gasteiger partial charge in [0.1, 0.15) is 0 Å². The molecule has 1 aromatic carbocycles. The van der Waals surface area contributed by atoms with Gasteiger partial charge in [0, 0.05) is 30.7 Å². The molecule has 4 heteroatoms. The molecule has 0 radical (unpaired) electrons. The number of hydrogen-bond acceptors (Lipinski definition) is 3. The first-order chi connectivity index (χ1) is 9.72. The predicted molar refractivity (Wildman–Crippen MR) is 90.4 cm³/mol. The lowest BCUT2D eigenvalue weighted by Gasteiger charge is -2.21. The Bertz CT molecular complexity index is 564. The van der Waals surface area contributed by atoms with Crippen molar-refractivity contribution in [2.75, 3.05) is 11.9 Å². The predicted octanol–water partition coefficient (Wildman–Crippen LogP) is 4.40. The minimum atomic E-state index is 0.759. The van der Waals surface area contributed by atoms with Gasteiger partial charge >= 0.3 is 0 Å². The number of thiophene rings is 1. The Morgan fingerprint density at radius 1 is 1.30 bits per heavy atom. The monoisotopic (exact) mass is 350 g/mol. The van der Waals surface area contributed by atoms with Crippen molar-refractivity contribution in [1.29, 1.82) is 0 Å². The molecule has 106 valence electrons. The zero-order valence-electron chi connectivity index (χ0n) is 11.6. The summed E-state index contributed by atoms with van der Waals surface area (Å²) in [6.07, 6.45) is 2.67. The summed E-state index contributed by atoms with van der Waals surface area (Å²) >= 11 is 5.46. The SMILES string of the molecule is CN(Cc1ccsc1)c1ccc(CNC2CC2)cc1Br. The van der Waals surface area contributed by atoms with E-state index in [4.69, 9.17) is 0 Å². The molecule has 20 heavy (non-hydrogen) atoms. The van der Waals surface area contributed by atoms with Crippen molar-refractivity contribution < 1.29 is 0 Å². The molecule has 1 saturated carbocycles. The Balaban J connectivity index is 1.66. The average molecular weight is 351 g/mol. The smallest absolute Gasteiger partial charge is 0.0511 e. The molecule has 1 aromatic heterocycles. The van der Waals surface area contributed by atoms with Crippen LogP contribution in [0.1, 0.15) is 24.0 Å². The van der Waals surface area contributed by atoms with Crippen molar-refractivity contribution >= 4 is 33.0 Å². The van der Waals surface area contributed by atoms with Crippen molar-refractivity contribution in [2.24, 2.45) is 0 Å². The van der Waals surface area contributed by atoms with Gasteiger partial charge in [0.25, 0.3) is 0 Å². The van der Waals surface area contributed by atoms with Crippen LogP contribution >= 0.6 is 27.3 Å². The van der Waals surface area contributed by atoms with Crippen LogP contribution in [0.5, 0.6) is 0 Å². The fourth-order valence-electron chi connectivity index (χ4n) is 2.26. The Morgan fingerprint density at radius 3 is 2.80 bits per heavy atom. The van der Waals surface area contributed by atoms with E-state index < -0.39 is 0 Å². The summed E-state index contributed by atoms with van der Waals surface area (Å²) in [6.45, 7) is 1.92. The molecule has 0 atom stereocenters. The first-order valence-electron chi connectivity index (χ1n) is 6.96. The van der Waals surface area contributed by atoms with Gasteiger partial charge in [-0.2, -0.15) is 11.3 Å². The zero-order chi connectivity index (χ0) is 13.9. The summed E-state index contributed by atoms with van der Waals surface area (Å²) < 4.78 is 1.17. The van der Waals surface area contributed by atoms with Crippen LogP contribution in [0.15, 0.2) is 39.5 Å². The van der Waals surface area contributed by atoms with E-state index in [1.165, 1.54) is 34.1 Å². The third-order valence-corrected chi connectivity index (χ3v) is 4.96. The van der Waals surface area contributed by atoms with Gasteiger partial charge in [0.15, 0.2) is 0 Å². The third-order valence-electron chi connectivity index (χ3n) is 3.60. The summed E-state index contributed by atoms with van der Waals surface area (Å²) in [5.74, 6) is 0. The van der Waals surface area contributed by atoms with Gasteiger partial charge in [-0.25, -0.2) is 0 Å². The lowest BCUT2D eigenvalue weighted by Crippen LogP contribution is -2.17. The maximum Gasteiger partial charge on any atom is 0.0511 e. The first kappa shape index (κ1) is 14.1. The van der Waals surface area contributed by atoms with E-state index in [0.29, 0.717) is 0 Å². The number of anilines is 1. The van der Waals surface area contributed by atoms with Crippen LogP contribution in [-0.4, -0.2) is 13.1 Å². The normalized spacial score (nSPS) is 14.5. The standard InChI is InChI=1S/C16H19BrN2S/c1-19(10-13-6-7-20-11-13)16-5-2-12(8-15(16)17)9-18-14-3-4-14/h2,5-8,11,14,18H,3-4,9-10H2,1H3. The van der Waals surface area contributed by atoms with Gasteiger partial charge in [-0.05, 0) is 68.9 Å².